The van der Waals surface area contributed by atoms with Crippen LogP contribution in [0.2, 0.25) is 0 Å². The molecule has 0 aliphatic carbocycles. The summed E-state index contributed by atoms with van der Waals surface area (Å²) in [7, 11) is 1.77. The van der Waals surface area contributed by atoms with Gasteiger partial charge in [-0.05, 0) is 43.2 Å². The zero-order chi connectivity index (χ0) is 17.8. The highest BCUT2D eigenvalue weighted by atomic mass is 16.5. The van der Waals surface area contributed by atoms with Gasteiger partial charge in [-0.3, -0.25) is 14.8 Å². The predicted octanol–water partition coefficient (Wildman–Crippen LogP) is 3.40. The van der Waals surface area contributed by atoms with Crippen molar-refractivity contribution in [2.24, 2.45) is 0 Å². The smallest absolute Gasteiger partial charge is 0.255 e. The monoisotopic (exact) mass is 335 g/mol. The maximum absolute atomic E-state index is 12.7. The van der Waals surface area contributed by atoms with Crippen molar-refractivity contribution in [1.82, 2.24) is 14.9 Å². The fourth-order valence-corrected chi connectivity index (χ4v) is 2.63. The molecule has 0 saturated heterocycles. The summed E-state index contributed by atoms with van der Waals surface area (Å²) in [5.41, 5.74) is 4.13. The Morgan fingerprint density at radius 3 is 2.76 bits per heavy atom. The number of rotatable bonds is 5. The zero-order valence-electron chi connectivity index (χ0n) is 14.7. The molecule has 0 unspecified atom stereocenters. The first-order valence-corrected chi connectivity index (χ1v) is 8.21. The molecule has 0 N–H and O–H groups in total. The minimum atomic E-state index is -0.0873. The van der Waals surface area contributed by atoms with E-state index in [-0.39, 0.29) is 5.91 Å². The van der Waals surface area contributed by atoms with Crippen LogP contribution in [0.3, 0.4) is 0 Å². The number of amides is 1. The van der Waals surface area contributed by atoms with Crippen LogP contribution in [-0.4, -0.2) is 41.0 Å². The van der Waals surface area contributed by atoms with Crippen molar-refractivity contribution in [2.75, 3.05) is 20.2 Å². The first-order chi connectivity index (χ1) is 12.1. The third kappa shape index (κ3) is 3.76. The largest absolute Gasteiger partial charge is 0.491 e. The molecule has 128 valence electrons. The van der Waals surface area contributed by atoms with Gasteiger partial charge in [0, 0.05) is 19.4 Å². The van der Waals surface area contributed by atoms with Crippen molar-refractivity contribution in [2.45, 2.75) is 13.8 Å². The van der Waals surface area contributed by atoms with Crippen LogP contribution < -0.4 is 4.74 Å². The Morgan fingerprint density at radius 1 is 1.12 bits per heavy atom. The third-order valence-electron chi connectivity index (χ3n) is 4.10. The summed E-state index contributed by atoms with van der Waals surface area (Å²) in [5.74, 6) is 0.771. The predicted molar refractivity (Wildman–Crippen MR) is 97.9 cm³/mol. The van der Waals surface area contributed by atoms with Gasteiger partial charge in [0.15, 0.2) is 0 Å². The molecule has 25 heavy (non-hydrogen) atoms. The van der Waals surface area contributed by atoms with E-state index in [4.69, 9.17) is 4.74 Å². The zero-order valence-corrected chi connectivity index (χ0v) is 14.7. The van der Waals surface area contributed by atoms with E-state index in [9.17, 15) is 4.79 Å². The van der Waals surface area contributed by atoms with Crippen LogP contribution >= 0.6 is 0 Å². The minimum absolute atomic E-state index is 0.0873. The van der Waals surface area contributed by atoms with Gasteiger partial charge < -0.3 is 9.64 Å². The quantitative estimate of drug-likeness (QED) is 0.717. The lowest BCUT2D eigenvalue weighted by atomic mass is 10.1. The van der Waals surface area contributed by atoms with Gasteiger partial charge in [0.05, 0.1) is 17.6 Å². The molecule has 5 nitrogen and oxygen atoms in total. The van der Waals surface area contributed by atoms with E-state index in [1.165, 1.54) is 0 Å². The lowest BCUT2D eigenvalue weighted by Crippen LogP contribution is -2.31. The highest BCUT2D eigenvalue weighted by molar-refractivity contribution is 6.04. The van der Waals surface area contributed by atoms with Crippen molar-refractivity contribution in [3.8, 4) is 5.75 Å². The molecule has 0 fully saturated rings. The van der Waals surface area contributed by atoms with Gasteiger partial charge in [0.2, 0.25) is 0 Å². The molecule has 0 saturated carbocycles. The Balaban J connectivity index is 1.67. The van der Waals surface area contributed by atoms with Crippen molar-refractivity contribution in [3.05, 3.63) is 65.5 Å². The van der Waals surface area contributed by atoms with Crippen molar-refractivity contribution >= 4 is 16.9 Å². The van der Waals surface area contributed by atoms with Crippen molar-refractivity contribution in [1.29, 1.82) is 0 Å². The Hall–Kier alpha value is -2.95. The fourth-order valence-electron chi connectivity index (χ4n) is 2.63. The molecule has 0 aliphatic rings. The Labute approximate surface area is 147 Å². The average Bonchev–Trinajstić information content (AvgIpc) is 2.63. The lowest BCUT2D eigenvalue weighted by molar-refractivity contribution is 0.0775. The van der Waals surface area contributed by atoms with Crippen LogP contribution in [0.4, 0.5) is 0 Å². The fraction of sp³-hybridized carbons (Fsp3) is 0.250. The normalized spacial score (nSPS) is 10.7. The van der Waals surface area contributed by atoms with E-state index in [1.54, 1.807) is 30.4 Å². The number of carbonyl (C=O) groups excluding carboxylic acids is 1. The molecule has 3 aromatic rings. The summed E-state index contributed by atoms with van der Waals surface area (Å²) in [6, 6.07) is 11.6. The summed E-state index contributed by atoms with van der Waals surface area (Å²) in [4.78, 5) is 22.9. The molecule has 5 heteroatoms. The first-order valence-electron chi connectivity index (χ1n) is 8.21. The maximum Gasteiger partial charge on any atom is 0.255 e. The standard InChI is InChI=1S/C20H21N3O2/c1-14-7-8-15(2)18(13-14)25-12-11-23(3)20(24)16-5-4-6-17-19(16)22-10-9-21-17/h4-10,13H,11-12H2,1-3H3. The Kier molecular flexibility index (Phi) is 4.93. The first kappa shape index (κ1) is 16.9. The molecule has 1 aromatic heterocycles. The number of likely N-dealkylation sites (N-methyl/N-ethyl adjacent to an activating group) is 1. The van der Waals surface area contributed by atoms with E-state index >= 15 is 0 Å². The molecule has 0 bridgehead atoms. The van der Waals surface area contributed by atoms with Crippen LogP contribution in [0.15, 0.2) is 48.8 Å². The highest BCUT2D eigenvalue weighted by Gasteiger charge is 2.16. The number of benzene rings is 2. The van der Waals surface area contributed by atoms with E-state index in [2.05, 4.69) is 16.0 Å². The second-order valence-electron chi connectivity index (χ2n) is 6.07. The maximum atomic E-state index is 12.7. The Bertz CT molecular complexity index is 903. The lowest BCUT2D eigenvalue weighted by Gasteiger charge is -2.18. The summed E-state index contributed by atoms with van der Waals surface area (Å²) in [5, 5.41) is 0. The molecule has 0 aliphatic heterocycles. The second-order valence-corrected chi connectivity index (χ2v) is 6.07. The minimum Gasteiger partial charge on any atom is -0.491 e. The number of carbonyl (C=O) groups is 1. The van der Waals surface area contributed by atoms with Gasteiger partial charge in [0.25, 0.3) is 5.91 Å². The van der Waals surface area contributed by atoms with Crippen LogP contribution in [-0.2, 0) is 0 Å². The second kappa shape index (κ2) is 7.30. The van der Waals surface area contributed by atoms with Crippen LogP contribution in [0.1, 0.15) is 21.5 Å². The molecule has 3 rings (SSSR count). The summed E-state index contributed by atoms with van der Waals surface area (Å²) < 4.78 is 5.84. The number of fused-ring (bicyclic) bond motifs is 1. The molecule has 2 aromatic carbocycles. The summed E-state index contributed by atoms with van der Waals surface area (Å²) in [6.07, 6.45) is 3.22. The van der Waals surface area contributed by atoms with Gasteiger partial charge in [-0.25, -0.2) is 0 Å². The van der Waals surface area contributed by atoms with E-state index < -0.39 is 0 Å². The topological polar surface area (TPSA) is 55.3 Å². The number of nitrogens with zero attached hydrogens (tertiary/aromatic N) is 3. The van der Waals surface area contributed by atoms with Gasteiger partial charge in [-0.15, -0.1) is 0 Å². The van der Waals surface area contributed by atoms with Gasteiger partial charge in [-0.2, -0.15) is 0 Å². The molecule has 1 heterocycles. The van der Waals surface area contributed by atoms with Crippen LogP contribution in [0, 0.1) is 13.8 Å². The molecule has 0 atom stereocenters. The highest BCUT2D eigenvalue weighted by Crippen LogP contribution is 2.19. The third-order valence-corrected chi connectivity index (χ3v) is 4.10. The molecule has 1 amide bonds. The Morgan fingerprint density at radius 2 is 1.92 bits per heavy atom. The van der Waals surface area contributed by atoms with Gasteiger partial charge in [-0.1, -0.05) is 18.2 Å². The number of hydrogen-bond acceptors (Lipinski definition) is 4. The number of aromatic nitrogens is 2. The van der Waals surface area contributed by atoms with Gasteiger partial charge in [0.1, 0.15) is 17.9 Å². The summed E-state index contributed by atoms with van der Waals surface area (Å²) >= 11 is 0. The van der Waals surface area contributed by atoms with E-state index in [0.29, 0.717) is 29.7 Å². The van der Waals surface area contributed by atoms with E-state index in [0.717, 1.165) is 16.9 Å². The van der Waals surface area contributed by atoms with Crippen molar-refractivity contribution in [3.63, 3.8) is 0 Å². The van der Waals surface area contributed by atoms with Crippen molar-refractivity contribution < 1.29 is 9.53 Å². The molecule has 0 radical (unpaired) electrons. The van der Waals surface area contributed by atoms with E-state index in [1.807, 2.05) is 38.1 Å². The van der Waals surface area contributed by atoms with Crippen LogP contribution in [0.25, 0.3) is 11.0 Å². The number of hydrogen-bond donors (Lipinski definition) is 0. The molecular weight excluding hydrogens is 314 g/mol. The number of para-hydroxylation sites is 1. The summed E-state index contributed by atoms with van der Waals surface area (Å²) in [6.45, 7) is 4.97. The molecular formula is C20H21N3O2. The average molecular weight is 335 g/mol. The number of aryl methyl sites for hydroxylation is 2. The van der Waals surface area contributed by atoms with Crippen LogP contribution in [0.5, 0.6) is 5.75 Å². The van der Waals surface area contributed by atoms with Gasteiger partial charge >= 0.3 is 0 Å². The molecule has 0 spiro atoms. The SMILES string of the molecule is Cc1ccc(C)c(OCCN(C)C(=O)c2cccc3nccnc23)c1. The number of ether oxygens (including phenoxy) is 1.